The Morgan fingerprint density at radius 3 is 2.89 bits per heavy atom. The summed E-state index contributed by atoms with van der Waals surface area (Å²) in [4.78, 5) is 2.48. The van der Waals surface area contributed by atoms with Crippen molar-refractivity contribution in [3.8, 4) is 0 Å². The van der Waals surface area contributed by atoms with Gasteiger partial charge in [0.1, 0.15) is 0 Å². The van der Waals surface area contributed by atoms with Gasteiger partial charge in [0.05, 0.1) is 0 Å². The van der Waals surface area contributed by atoms with Crippen molar-refractivity contribution >= 4 is 10.8 Å². The fourth-order valence-electron chi connectivity index (χ4n) is 2.39. The Kier molecular flexibility index (Phi) is 5.35. The van der Waals surface area contributed by atoms with E-state index in [1.165, 1.54) is 12.0 Å². The van der Waals surface area contributed by atoms with E-state index in [0.29, 0.717) is 6.04 Å². The van der Waals surface area contributed by atoms with Gasteiger partial charge in [-0.1, -0.05) is 30.3 Å². The van der Waals surface area contributed by atoms with Crippen LogP contribution in [0.2, 0.25) is 0 Å². The third kappa shape index (κ3) is 4.52. The van der Waals surface area contributed by atoms with Gasteiger partial charge in [0.15, 0.2) is 0 Å². The molecule has 0 saturated carbocycles. The van der Waals surface area contributed by atoms with E-state index in [1.54, 1.807) is 6.26 Å². The highest BCUT2D eigenvalue weighted by molar-refractivity contribution is 7.84. The van der Waals surface area contributed by atoms with Crippen LogP contribution in [0.1, 0.15) is 12.0 Å². The van der Waals surface area contributed by atoms with Crippen LogP contribution < -0.4 is 5.32 Å². The van der Waals surface area contributed by atoms with Gasteiger partial charge in [-0.3, -0.25) is 9.11 Å². The second-order valence-electron chi connectivity index (χ2n) is 4.94. The van der Waals surface area contributed by atoms with Crippen molar-refractivity contribution in [3.63, 3.8) is 0 Å². The van der Waals surface area contributed by atoms with Crippen molar-refractivity contribution < 1.29 is 4.21 Å². The van der Waals surface area contributed by atoms with Gasteiger partial charge in [-0.2, -0.15) is 0 Å². The molecule has 0 aromatic heterocycles. The van der Waals surface area contributed by atoms with E-state index in [1.807, 2.05) is 0 Å². The van der Waals surface area contributed by atoms with Gasteiger partial charge in [-0.05, 0) is 12.0 Å². The molecule has 1 heterocycles. The molecule has 0 bridgehead atoms. The monoisotopic (exact) mass is 266 g/mol. The summed E-state index contributed by atoms with van der Waals surface area (Å²) in [6, 6.07) is 11.2. The van der Waals surface area contributed by atoms with Gasteiger partial charge >= 0.3 is 0 Å². The normalized spacial score (nSPS) is 22.2. The summed E-state index contributed by atoms with van der Waals surface area (Å²) >= 11 is 0. The molecule has 18 heavy (non-hydrogen) atoms. The molecular weight excluding hydrogens is 244 g/mol. The maximum Gasteiger partial charge on any atom is 0.0357 e. The van der Waals surface area contributed by atoms with Gasteiger partial charge in [0.25, 0.3) is 0 Å². The first-order valence-electron chi connectivity index (χ1n) is 6.54. The molecular formula is C14H22N2OS. The SMILES string of the molecule is CS(=O)CCNC1CCN(Cc2ccccc2)C1. The molecule has 100 valence electrons. The van der Waals surface area contributed by atoms with Crippen LogP contribution in [0.15, 0.2) is 30.3 Å². The number of likely N-dealkylation sites (tertiary alicyclic amines) is 1. The Balaban J connectivity index is 1.70. The van der Waals surface area contributed by atoms with Gasteiger partial charge in [0.2, 0.25) is 0 Å². The smallest absolute Gasteiger partial charge is 0.0357 e. The average molecular weight is 266 g/mol. The first kappa shape index (κ1) is 13.7. The minimum Gasteiger partial charge on any atom is -0.312 e. The Hall–Kier alpha value is -0.710. The van der Waals surface area contributed by atoms with Crippen LogP contribution in [0.3, 0.4) is 0 Å². The van der Waals surface area contributed by atoms with Crippen LogP contribution in [-0.2, 0) is 17.3 Å². The number of hydrogen-bond acceptors (Lipinski definition) is 3. The molecule has 3 nitrogen and oxygen atoms in total. The molecule has 1 aliphatic heterocycles. The summed E-state index contributed by atoms with van der Waals surface area (Å²) in [6.45, 7) is 4.17. The van der Waals surface area contributed by atoms with Crippen molar-refractivity contribution in [2.45, 2.75) is 19.0 Å². The van der Waals surface area contributed by atoms with Crippen molar-refractivity contribution in [1.82, 2.24) is 10.2 Å². The molecule has 2 rings (SSSR count). The zero-order chi connectivity index (χ0) is 12.8. The lowest BCUT2D eigenvalue weighted by Crippen LogP contribution is -2.34. The van der Waals surface area contributed by atoms with Crippen LogP contribution in [0.5, 0.6) is 0 Å². The lowest BCUT2D eigenvalue weighted by molar-refractivity contribution is 0.321. The molecule has 4 heteroatoms. The van der Waals surface area contributed by atoms with E-state index in [2.05, 4.69) is 40.5 Å². The van der Waals surface area contributed by atoms with Crippen LogP contribution in [0.4, 0.5) is 0 Å². The lowest BCUT2D eigenvalue weighted by Gasteiger charge is -2.16. The van der Waals surface area contributed by atoms with Crippen LogP contribution in [-0.4, -0.2) is 46.8 Å². The van der Waals surface area contributed by atoms with Crippen molar-refractivity contribution in [2.24, 2.45) is 0 Å². The van der Waals surface area contributed by atoms with E-state index in [9.17, 15) is 4.21 Å². The molecule has 2 atom stereocenters. The fourth-order valence-corrected chi connectivity index (χ4v) is 2.80. The molecule has 0 radical (unpaired) electrons. The Bertz CT molecular complexity index is 383. The van der Waals surface area contributed by atoms with E-state index in [-0.39, 0.29) is 0 Å². The van der Waals surface area contributed by atoms with Crippen LogP contribution >= 0.6 is 0 Å². The maximum atomic E-state index is 11.0. The van der Waals surface area contributed by atoms with Gasteiger partial charge in [0, 0.05) is 55.0 Å². The standard InChI is InChI=1S/C14H22N2OS/c1-18(17)10-8-15-14-7-9-16(12-14)11-13-5-3-2-4-6-13/h2-6,14-15H,7-12H2,1H3. The second-order valence-corrected chi connectivity index (χ2v) is 6.49. The molecule has 0 amide bonds. The van der Waals surface area contributed by atoms with E-state index in [4.69, 9.17) is 0 Å². The Morgan fingerprint density at radius 2 is 2.17 bits per heavy atom. The third-order valence-electron chi connectivity index (χ3n) is 3.34. The Labute approximate surface area is 112 Å². The van der Waals surface area contributed by atoms with Crippen molar-refractivity contribution in [3.05, 3.63) is 35.9 Å². The number of nitrogens with one attached hydrogen (secondary N) is 1. The largest absolute Gasteiger partial charge is 0.312 e. The summed E-state index contributed by atoms with van der Waals surface area (Å²) in [5.41, 5.74) is 1.38. The number of nitrogens with zero attached hydrogens (tertiary/aromatic N) is 1. The van der Waals surface area contributed by atoms with Crippen LogP contribution in [0, 0.1) is 0 Å². The first-order valence-corrected chi connectivity index (χ1v) is 8.26. The van der Waals surface area contributed by atoms with E-state index >= 15 is 0 Å². The summed E-state index contributed by atoms with van der Waals surface area (Å²) in [7, 11) is -0.682. The van der Waals surface area contributed by atoms with E-state index in [0.717, 1.165) is 31.9 Å². The summed E-state index contributed by atoms with van der Waals surface area (Å²) in [5.74, 6) is 0.759. The highest BCUT2D eigenvalue weighted by Crippen LogP contribution is 2.13. The fraction of sp³-hybridized carbons (Fsp3) is 0.571. The molecule has 0 spiro atoms. The quantitative estimate of drug-likeness (QED) is 0.840. The highest BCUT2D eigenvalue weighted by Gasteiger charge is 2.21. The van der Waals surface area contributed by atoms with Crippen LogP contribution in [0.25, 0.3) is 0 Å². The predicted molar refractivity (Wildman–Crippen MR) is 77.1 cm³/mol. The highest BCUT2D eigenvalue weighted by atomic mass is 32.2. The number of rotatable bonds is 6. The summed E-state index contributed by atoms with van der Waals surface area (Å²) < 4.78 is 11.0. The molecule has 0 aliphatic carbocycles. The molecule has 1 aliphatic rings. The molecule has 1 aromatic rings. The van der Waals surface area contributed by atoms with Gasteiger partial charge in [-0.25, -0.2) is 0 Å². The molecule has 2 unspecified atom stereocenters. The van der Waals surface area contributed by atoms with E-state index < -0.39 is 10.8 Å². The lowest BCUT2D eigenvalue weighted by atomic mass is 10.2. The minimum atomic E-state index is -0.682. The Morgan fingerprint density at radius 1 is 1.39 bits per heavy atom. The molecule has 1 aromatic carbocycles. The molecule has 1 fully saturated rings. The zero-order valence-corrected chi connectivity index (χ0v) is 11.8. The minimum absolute atomic E-state index is 0.567. The van der Waals surface area contributed by atoms with Gasteiger partial charge in [-0.15, -0.1) is 0 Å². The predicted octanol–water partition coefficient (Wildman–Crippen LogP) is 1.23. The third-order valence-corrected chi connectivity index (χ3v) is 4.12. The maximum absolute atomic E-state index is 11.0. The number of benzene rings is 1. The average Bonchev–Trinajstić information content (AvgIpc) is 2.78. The van der Waals surface area contributed by atoms with Crippen molar-refractivity contribution in [2.75, 3.05) is 31.6 Å². The molecule has 1 N–H and O–H groups in total. The number of hydrogen-bond donors (Lipinski definition) is 1. The van der Waals surface area contributed by atoms with Gasteiger partial charge < -0.3 is 5.32 Å². The summed E-state index contributed by atoms with van der Waals surface area (Å²) in [6.07, 6.45) is 2.96. The summed E-state index contributed by atoms with van der Waals surface area (Å²) in [5, 5.41) is 3.49. The second kappa shape index (κ2) is 7.02. The first-order chi connectivity index (χ1) is 8.74. The van der Waals surface area contributed by atoms with Crippen molar-refractivity contribution in [1.29, 1.82) is 0 Å². The topological polar surface area (TPSA) is 32.3 Å². The molecule has 1 saturated heterocycles. The zero-order valence-electron chi connectivity index (χ0n) is 11.0.